The Bertz CT molecular complexity index is 380. The van der Waals surface area contributed by atoms with Gasteiger partial charge in [0.05, 0.1) is 12.6 Å². The summed E-state index contributed by atoms with van der Waals surface area (Å²) in [6, 6.07) is 9.63. The van der Waals surface area contributed by atoms with E-state index in [4.69, 9.17) is 5.73 Å². The summed E-state index contributed by atoms with van der Waals surface area (Å²) >= 11 is 0. The Balaban J connectivity index is 2.04. The van der Waals surface area contributed by atoms with E-state index in [-0.39, 0.29) is 24.6 Å². The molecule has 0 bridgehead atoms. The van der Waals surface area contributed by atoms with Crippen LogP contribution in [0.1, 0.15) is 12.0 Å². The van der Waals surface area contributed by atoms with Gasteiger partial charge in [-0.25, -0.2) is 0 Å². The van der Waals surface area contributed by atoms with Crippen molar-refractivity contribution in [1.82, 2.24) is 4.90 Å². The number of nitrogens with two attached hydrogens (primary N) is 1. The summed E-state index contributed by atoms with van der Waals surface area (Å²) in [5, 5.41) is 9.42. The van der Waals surface area contributed by atoms with Crippen LogP contribution >= 0.6 is 0 Å². The Morgan fingerprint density at radius 3 is 2.65 bits per heavy atom. The first-order valence-electron chi connectivity index (χ1n) is 5.90. The number of likely N-dealkylation sites (tertiary alicyclic amines) is 1. The van der Waals surface area contributed by atoms with Gasteiger partial charge >= 0.3 is 0 Å². The van der Waals surface area contributed by atoms with Crippen LogP contribution in [0.2, 0.25) is 0 Å². The fraction of sp³-hybridized carbons (Fsp3) is 0.462. The highest BCUT2D eigenvalue weighted by atomic mass is 16.3. The fourth-order valence-corrected chi connectivity index (χ4v) is 2.27. The fourth-order valence-electron chi connectivity index (χ4n) is 2.27. The second kappa shape index (κ2) is 5.29. The summed E-state index contributed by atoms with van der Waals surface area (Å²) in [7, 11) is 0. The van der Waals surface area contributed by atoms with Gasteiger partial charge in [0.25, 0.3) is 0 Å². The van der Waals surface area contributed by atoms with Crippen LogP contribution in [0, 0.1) is 0 Å². The average molecular weight is 234 g/mol. The standard InChI is InChI=1S/C13H18N2O2/c14-11-7-13(17)15(8-11)12(9-16)6-10-4-2-1-3-5-10/h1-5,11-12,16H,6-9,14H2. The van der Waals surface area contributed by atoms with E-state index in [1.165, 1.54) is 0 Å². The molecule has 2 unspecified atom stereocenters. The maximum atomic E-state index is 11.7. The lowest BCUT2D eigenvalue weighted by molar-refractivity contribution is -0.130. The number of carbonyl (C=O) groups excluding carboxylic acids is 1. The molecule has 17 heavy (non-hydrogen) atoms. The van der Waals surface area contributed by atoms with E-state index in [1.54, 1.807) is 4.90 Å². The van der Waals surface area contributed by atoms with Crippen molar-refractivity contribution in [3.8, 4) is 0 Å². The Labute approximate surface area is 101 Å². The summed E-state index contributed by atoms with van der Waals surface area (Å²) in [5.74, 6) is 0.0486. The first-order valence-corrected chi connectivity index (χ1v) is 5.90. The van der Waals surface area contributed by atoms with Crippen LogP contribution in [0.15, 0.2) is 30.3 Å². The average Bonchev–Trinajstić information content (AvgIpc) is 2.67. The molecule has 1 aliphatic heterocycles. The molecule has 4 heteroatoms. The highest BCUT2D eigenvalue weighted by molar-refractivity contribution is 5.79. The molecule has 1 aliphatic rings. The Kier molecular flexibility index (Phi) is 3.76. The summed E-state index contributed by atoms with van der Waals surface area (Å²) in [4.78, 5) is 13.4. The number of benzene rings is 1. The molecule has 1 aromatic carbocycles. The van der Waals surface area contributed by atoms with Crippen molar-refractivity contribution in [2.75, 3.05) is 13.2 Å². The van der Waals surface area contributed by atoms with Gasteiger partial charge in [0, 0.05) is 19.0 Å². The molecule has 4 nitrogen and oxygen atoms in total. The lowest BCUT2D eigenvalue weighted by Crippen LogP contribution is -2.41. The Morgan fingerprint density at radius 2 is 2.12 bits per heavy atom. The Hall–Kier alpha value is -1.39. The van der Waals surface area contributed by atoms with Crippen molar-refractivity contribution in [2.24, 2.45) is 5.73 Å². The van der Waals surface area contributed by atoms with Gasteiger partial charge in [-0.3, -0.25) is 4.79 Å². The zero-order valence-electron chi connectivity index (χ0n) is 9.75. The third-order valence-electron chi connectivity index (χ3n) is 3.15. The van der Waals surface area contributed by atoms with Crippen LogP contribution < -0.4 is 5.73 Å². The SMILES string of the molecule is NC1CC(=O)N(C(CO)Cc2ccccc2)C1. The van der Waals surface area contributed by atoms with Crippen molar-refractivity contribution in [1.29, 1.82) is 0 Å². The zero-order valence-corrected chi connectivity index (χ0v) is 9.75. The van der Waals surface area contributed by atoms with E-state index in [2.05, 4.69) is 0 Å². The maximum Gasteiger partial charge on any atom is 0.224 e. The molecule has 1 amide bonds. The number of carbonyl (C=O) groups is 1. The van der Waals surface area contributed by atoms with Gasteiger partial charge in [-0.05, 0) is 12.0 Å². The molecule has 92 valence electrons. The molecule has 0 radical (unpaired) electrons. The van der Waals surface area contributed by atoms with Crippen LogP contribution in [0.3, 0.4) is 0 Å². The number of aliphatic hydroxyl groups is 1. The summed E-state index contributed by atoms with van der Waals surface area (Å²) in [6.45, 7) is 0.532. The largest absolute Gasteiger partial charge is 0.394 e. The molecule has 0 aromatic heterocycles. The van der Waals surface area contributed by atoms with Gasteiger partial charge in [-0.2, -0.15) is 0 Å². The number of amides is 1. The number of nitrogens with zero attached hydrogens (tertiary/aromatic N) is 1. The van der Waals surface area contributed by atoms with Crippen molar-refractivity contribution < 1.29 is 9.90 Å². The number of rotatable bonds is 4. The van der Waals surface area contributed by atoms with Crippen LogP contribution in [-0.2, 0) is 11.2 Å². The van der Waals surface area contributed by atoms with Crippen molar-refractivity contribution in [2.45, 2.75) is 24.9 Å². The van der Waals surface area contributed by atoms with Crippen LogP contribution in [-0.4, -0.2) is 41.1 Å². The molecule has 2 rings (SSSR count). The molecule has 3 N–H and O–H groups in total. The second-order valence-corrected chi connectivity index (χ2v) is 4.54. The highest BCUT2D eigenvalue weighted by Gasteiger charge is 2.32. The number of aliphatic hydroxyl groups excluding tert-OH is 1. The quantitative estimate of drug-likeness (QED) is 0.779. The first-order chi connectivity index (χ1) is 8.20. The molecular weight excluding hydrogens is 216 g/mol. The molecular formula is C13H18N2O2. The molecule has 1 heterocycles. The highest BCUT2D eigenvalue weighted by Crippen LogP contribution is 2.16. The van der Waals surface area contributed by atoms with E-state index in [0.29, 0.717) is 19.4 Å². The maximum absolute atomic E-state index is 11.7. The minimum atomic E-state index is -0.154. The van der Waals surface area contributed by atoms with E-state index in [1.807, 2.05) is 30.3 Å². The van der Waals surface area contributed by atoms with Gasteiger partial charge in [0.2, 0.25) is 5.91 Å². The minimum absolute atomic E-state index is 0.0205. The third kappa shape index (κ3) is 2.84. The summed E-state index contributed by atoms with van der Waals surface area (Å²) in [5.41, 5.74) is 6.88. The predicted molar refractivity (Wildman–Crippen MR) is 65.3 cm³/mol. The van der Waals surface area contributed by atoms with Gasteiger partial charge in [0.1, 0.15) is 0 Å². The normalized spacial score (nSPS) is 21.9. The number of hydrogen-bond donors (Lipinski definition) is 2. The van der Waals surface area contributed by atoms with Crippen LogP contribution in [0.5, 0.6) is 0 Å². The molecule has 1 aromatic rings. The zero-order chi connectivity index (χ0) is 12.3. The molecule has 1 saturated heterocycles. The van der Waals surface area contributed by atoms with Gasteiger partial charge < -0.3 is 15.7 Å². The summed E-state index contributed by atoms with van der Waals surface area (Å²) < 4.78 is 0. The summed E-state index contributed by atoms with van der Waals surface area (Å²) in [6.07, 6.45) is 1.07. The lowest BCUT2D eigenvalue weighted by atomic mass is 10.1. The monoisotopic (exact) mass is 234 g/mol. The molecule has 2 atom stereocenters. The van der Waals surface area contributed by atoms with E-state index < -0.39 is 0 Å². The molecule has 1 fully saturated rings. The second-order valence-electron chi connectivity index (χ2n) is 4.54. The minimum Gasteiger partial charge on any atom is -0.394 e. The molecule has 0 aliphatic carbocycles. The van der Waals surface area contributed by atoms with Crippen molar-refractivity contribution in [3.63, 3.8) is 0 Å². The van der Waals surface area contributed by atoms with Gasteiger partial charge in [-0.1, -0.05) is 30.3 Å². The topological polar surface area (TPSA) is 66.6 Å². The van der Waals surface area contributed by atoms with Gasteiger partial charge in [-0.15, -0.1) is 0 Å². The van der Waals surface area contributed by atoms with Gasteiger partial charge in [0.15, 0.2) is 0 Å². The van der Waals surface area contributed by atoms with Crippen molar-refractivity contribution >= 4 is 5.91 Å². The van der Waals surface area contributed by atoms with Crippen molar-refractivity contribution in [3.05, 3.63) is 35.9 Å². The van der Waals surface area contributed by atoms with E-state index in [0.717, 1.165) is 5.56 Å². The van der Waals surface area contributed by atoms with Crippen LogP contribution in [0.25, 0.3) is 0 Å². The smallest absolute Gasteiger partial charge is 0.224 e. The Morgan fingerprint density at radius 1 is 1.41 bits per heavy atom. The molecule has 0 spiro atoms. The predicted octanol–water partition coefficient (Wildman–Crippen LogP) is 0.150. The molecule has 0 saturated carbocycles. The van der Waals surface area contributed by atoms with E-state index >= 15 is 0 Å². The third-order valence-corrected chi connectivity index (χ3v) is 3.15. The van der Waals surface area contributed by atoms with E-state index in [9.17, 15) is 9.90 Å². The van der Waals surface area contributed by atoms with Crippen LogP contribution in [0.4, 0.5) is 0 Å². The first kappa shape index (κ1) is 12.1. The number of hydrogen-bond acceptors (Lipinski definition) is 3. The lowest BCUT2D eigenvalue weighted by Gasteiger charge is -2.26.